The van der Waals surface area contributed by atoms with Gasteiger partial charge in [0, 0.05) is 43.5 Å². The molecule has 31 heavy (non-hydrogen) atoms. The first kappa shape index (κ1) is 21.4. The molecule has 164 valence electrons. The molecule has 4 rings (SSSR count). The van der Waals surface area contributed by atoms with E-state index in [-0.39, 0.29) is 17.9 Å². The van der Waals surface area contributed by atoms with E-state index in [2.05, 4.69) is 23.2 Å². The Morgan fingerprint density at radius 1 is 0.903 bits per heavy atom. The van der Waals surface area contributed by atoms with Gasteiger partial charge in [0.2, 0.25) is 0 Å². The van der Waals surface area contributed by atoms with Crippen LogP contribution in [0.25, 0.3) is 0 Å². The van der Waals surface area contributed by atoms with E-state index in [1.807, 2.05) is 54.3 Å². The summed E-state index contributed by atoms with van der Waals surface area (Å²) < 4.78 is 0. The van der Waals surface area contributed by atoms with Gasteiger partial charge in [0.15, 0.2) is 0 Å². The third kappa shape index (κ3) is 5.09. The normalized spacial score (nSPS) is 18.1. The summed E-state index contributed by atoms with van der Waals surface area (Å²) in [5, 5.41) is 3.19. The van der Waals surface area contributed by atoms with E-state index in [4.69, 9.17) is 0 Å². The molecule has 1 N–H and O–H groups in total. The minimum Gasteiger partial charge on any atom is -0.371 e. The van der Waals surface area contributed by atoms with Gasteiger partial charge in [-0.25, -0.2) is 0 Å². The molecule has 2 saturated heterocycles. The number of likely N-dealkylation sites (tertiary alicyclic amines) is 1. The Balaban J connectivity index is 1.38. The number of amides is 2. The summed E-state index contributed by atoms with van der Waals surface area (Å²) in [5.41, 5.74) is 3.63. The molecule has 0 atom stereocenters. The van der Waals surface area contributed by atoms with E-state index in [9.17, 15) is 9.59 Å². The lowest BCUT2D eigenvalue weighted by molar-refractivity contribution is 0.0697. The second kappa shape index (κ2) is 9.54. The zero-order chi connectivity index (χ0) is 21.8. The molecule has 0 saturated carbocycles. The highest BCUT2D eigenvalue weighted by molar-refractivity contribution is 6.00. The first-order valence-electron chi connectivity index (χ1n) is 11.5. The molecule has 5 nitrogen and oxygen atoms in total. The smallest absolute Gasteiger partial charge is 0.255 e. The molecule has 2 fully saturated rings. The first-order valence-corrected chi connectivity index (χ1v) is 11.5. The van der Waals surface area contributed by atoms with E-state index in [1.165, 1.54) is 0 Å². The van der Waals surface area contributed by atoms with Crippen LogP contribution in [0.5, 0.6) is 0 Å². The van der Waals surface area contributed by atoms with Gasteiger partial charge in [-0.3, -0.25) is 9.59 Å². The Labute approximate surface area is 185 Å². The van der Waals surface area contributed by atoms with Crippen LogP contribution < -0.4 is 10.2 Å². The van der Waals surface area contributed by atoms with Gasteiger partial charge in [-0.05, 0) is 62.8 Å². The summed E-state index contributed by atoms with van der Waals surface area (Å²) in [7, 11) is 0. The minimum atomic E-state index is -0.00273. The summed E-state index contributed by atoms with van der Waals surface area (Å²) in [6.45, 7) is 7.62. The molecule has 0 aromatic heterocycles. The highest BCUT2D eigenvalue weighted by Crippen LogP contribution is 2.27. The molecule has 2 aromatic carbocycles. The average molecular weight is 420 g/mol. The van der Waals surface area contributed by atoms with Gasteiger partial charge in [-0.15, -0.1) is 0 Å². The molecule has 2 aliphatic rings. The van der Waals surface area contributed by atoms with E-state index >= 15 is 0 Å². The molecule has 0 bridgehead atoms. The Bertz CT molecular complexity index is 926. The van der Waals surface area contributed by atoms with Crippen LogP contribution in [-0.4, -0.2) is 48.9 Å². The number of rotatable bonds is 4. The molecule has 0 spiro atoms. The molecular formula is C26H33N3O2. The number of nitrogens with one attached hydrogen (secondary N) is 1. The van der Waals surface area contributed by atoms with E-state index < -0.39 is 0 Å². The predicted octanol–water partition coefficient (Wildman–Crippen LogP) is 4.27. The van der Waals surface area contributed by atoms with Crippen molar-refractivity contribution in [3.8, 4) is 0 Å². The van der Waals surface area contributed by atoms with Crippen LogP contribution in [0.4, 0.5) is 5.69 Å². The summed E-state index contributed by atoms with van der Waals surface area (Å²) in [5.74, 6) is 0.850. The number of aryl methyl sites for hydroxylation is 1. The van der Waals surface area contributed by atoms with Crippen molar-refractivity contribution in [1.29, 1.82) is 0 Å². The van der Waals surface area contributed by atoms with Crippen molar-refractivity contribution in [3.05, 3.63) is 65.2 Å². The minimum absolute atomic E-state index is 0.00273. The largest absolute Gasteiger partial charge is 0.371 e. The lowest BCUT2D eigenvalue weighted by Gasteiger charge is -2.36. The fraction of sp³-hybridized carbons (Fsp3) is 0.462. The maximum atomic E-state index is 13.2. The van der Waals surface area contributed by atoms with Crippen LogP contribution in [0, 0.1) is 12.8 Å². The molecule has 2 amide bonds. The Morgan fingerprint density at radius 2 is 1.61 bits per heavy atom. The molecule has 0 unspecified atom stereocenters. The van der Waals surface area contributed by atoms with Gasteiger partial charge in [-0.1, -0.05) is 36.8 Å². The Morgan fingerprint density at radius 3 is 2.32 bits per heavy atom. The van der Waals surface area contributed by atoms with Crippen LogP contribution in [0.15, 0.2) is 48.5 Å². The fourth-order valence-electron chi connectivity index (χ4n) is 4.63. The third-order valence-corrected chi connectivity index (χ3v) is 6.66. The van der Waals surface area contributed by atoms with E-state index in [1.54, 1.807) is 0 Å². The number of benzene rings is 2. The van der Waals surface area contributed by atoms with Crippen LogP contribution in [0.3, 0.4) is 0 Å². The van der Waals surface area contributed by atoms with Crippen molar-refractivity contribution in [2.75, 3.05) is 31.1 Å². The van der Waals surface area contributed by atoms with Crippen molar-refractivity contribution < 1.29 is 9.59 Å². The van der Waals surface area contributed by atoms with Crippen molar-refractivity contribution in [3.63, 3.8) is 0 Å². The molecular weight excluding hydrogens is 386 g/mol. The summed E-state index contributed by atoms with van der Waals surface area (Å²) in [4.78, 5) is 30.1. The lowest BCUT2D eigenvalue weighted by Crippen LogP contribution is -2.45. The number of anilines is 1. The monoisotopic (exact) mass is 419 g/mol. The van der Waals surface area contributed by atoms with Crippen LogP contribution in [0.2, 0.25) is 0 Å². The fourth-order valence-corrected chi connectivity index (χ4v) is 4.63. The zero-order valence-electron chi connectivity index (χ0n) is 18.6. The number of carbonyl (C=O) groups is 2. The van der Waals surface area contributed by atoms with Crippen LogP contribution in [0.1, 0.15) is 58.9 Å². The second-order valence-corrected chi connectivity index (χ2v) is 9.10. The quantitative estimate of drug-likeness (QED) is 0.805. The number of piperidine rings is 2. The van der Waals surface area contributed by atoms with Crippen molar-refractivity contribution in [1.82, 2.24) is 10.2 Å². The summed E-state index contributed by atoms with van der Waals surface area (Å²) in [6, 6.07) is 15.9. The molecule has 2 aliphatic heterocycles. The van der Waals surface area contributed by atoms with Gasteiger partial charge in [-0.2, -0.15) is 0 Å². The topological polar surface area (TPSA) is 52.7 Å². The number of hydrogen-bond acceptors (Lipinski definition) is 3. The first-order chi connectivity index (χ1) is 15.0. The number of para-hydroxylation sites is 1. The lowest BCUT2D eigenvalue weighted by atomic mass is 9.98. The molecule has 2 heterocycles. The Kier molecular flexibility index (Phi) is 6.59. The van der Waals surface area contributed by atoms with Gasteiger partial charge in [0.1, 0.15) is 0 Å². The van der Waals surface area contributed by atoms with Crippen molar-refractivity contribution >= 4 is 17.5 Å². The third-order valence-electron chi connectivity index (χ3n) is 6.66. The standard InChI is InChI=1S/C26H33N3O2/c1-19-10-14-29(15-11-19)26(31)23-8-3-4-9-24(23)28-16-12-22(13-17-28)27-25(30)21-7-5-6-20(2)18-21/h3-9,18-19,22H,10-17H2,1-2H3,(H,27,30). The maximum absolute atomic E-state index is 13.2. The zero-order valence-corrected chi connectivity index (χ0v) is 18.6. The van der Waals surface area contributed by atoms with E-state index in [0.717, 1.165) is 68.7 Å². The average Bonchev–Trinajstić information content (AvgIpc) is 2.80. The molecule has 5 heteroatoms. The van der Waals surface area contributed by atoms with E-state index in [0.29, 0.717) is 11.5 Å². The highest BCUT2D eigenvalue weighted by Gasteiger charge is 2.27. The SMILES string of the molecule is Cc1cccc(C(=O)NC2CCN(c3ccccc3C(=O)N3CCC(C)CC3)CC2)c1. The van der Waals surface area contributed by atoms with Crippen LogP contribution >= 0.6 is 0 Å². The van der Waals surface area contributed by atoms with Gasteiger partial charge in [0.05, 0.1) is 5.56 Å². The van der Waals surface area contributed by atoms with Gasteiger partial charge in [0.25, 0.3) is 11.8 Å². The van der Waals surface area contributed by atoms with Crippen LogP contribution in [-0.2, 0) is 0 Å². The predicted molar refractivity (Wildman–Crippen MR) is 125 cm³/mol. The van der Waals surface area contributed by atoms with Crippen molar-refractivity contribution in [2.24, 2.45) is 5.92 Å². The summed E-state index contributed by atoms with van der Waals surface area (Å²) in [6.07, 6.45) is 3.92. The summed E-state index contributed by atoms with van der Waals surface area (Å²) >= 11 is 0. The molecule has 0 radical (unpaired) electrons. The number of hydrogen-bond donors (Lipinski definition) is 1. The number of nitrogens with zero attached hydrogens (tertiary/aromatic N) is 2. The van der Waals surface area contributed by atoms with Crippen molar-refractivity contribution in [2.45, 2.75) is 45.6 Å². The molecule has 2 aromatic rings. The second-order valence-electron chi connectivity index (χ2n) is 9.10. The number of carbonyl (C=O) groups excluding carboxylic acids is 2. The molecule has 0 aliphatic carbocycles. The highest BCUT2D eigenvalue weighted by atomic mass is 16.2. The Hall–Kier alpha value is -2.82. The van der Waals surface area contributed by atoms with Gasteiger partial charge >= 0.3 is 0 Å². The maximum Gasteiger partial charge on any atom is 0.255 e. The van der Waals surface area contributed by atoms with Gasteiger partial charge < -0.3 is 15.1 Å².